The first-order valence-corrected chi connectivity index (χ1v) is 6.21. The molecule has 0 amide bonds. The highest BCUT2D eigenvalue weighted by molar-refractivity contribution is 5.98. The molecule has 3 rings (SSSR count). The van der Waals surface area contributed by atoms with E-state index in [1.807, 2.05) is 30.5 Å². The van der Waals surface area contributed by atoms with E-state index in [2.05, 4.69) is 16.9 Å². The van der Waals surface area contributed by atoms with E-state index in [1.165, 1.54) is 0 Å². The fraction of sp³-hybridized carbons (Fsp3) is 0.357. The molecule has 4 heteroatoms. The molecule has 4 nitrogen and oxygen atoms in total. The van der Waals surface area contributed by atoms with E-state index in [0.717, 1.165) is 41.9 Å². The van der Waals surface area contributed by atoms with Crippen molar-refractivity contribution in [1.82, 2.24) is 4.98 Å². The summed E-state index contributed by atoms with van der Waals surface area (Å²) in [5.74, 6) is 0. The van der Waals surface area contributed by atoms with Gasteiger partial charge in [-0.1, -0.05) is 0 Å². The van der Waals surface area contributed by atoms with Crippen LogP contribution in [0.2, 0.25) is 0 Å². The van der Waals surface area contributed by atoms with Crippen LogP contribution in [0, 0.1) is 0 Å². The Morgan fingerprint density at radius 3 is 3.06 bits per heavy atom. The van der Waals surface area contributed by atoms with Crippen molar-refractivity contribution < 1.29 is 4.74 Å². The summed E-state index contributed by atoms with van der Waals surface area (Å²) in [5.41, 5.74) is 8.86. The molecule has 1 aromatic heterocycles. The Kier molecular flexibility index (Phi) is 2.80. The minimum Gasteiger partial charge on any atom is -0.398 e. The van der Waals surface area contributed by atoms with Crippen LogP contribution in [-0.2, 0) is 4.74 Å². The van der Waals surface area contributed by atoms with E-state index in [0.29, 0.717) is 6.04 Å². The van der Waals surface area contributed by atoms with E-state index >= 15 is 0 Å². The Balaban J connectivity index is 2.08. The van der Waals surface area contributed by atoms with Crippen LogP contribution in [0.5, 0.6) is 0 Å². The summed E-state index contributed by atoms with van der Waals surface area (Å²) in [6, 6.07) is 8.36. The number of hydrogen-bond donors (Lipinski definition) is 1. The molecular weight excluding hydrogens is 226 g/mol. The number of nitrogens with two attached hydrogens (primary N) is 1. The fourth-order valence-corrected chi connectivity index (χ4v) is 2.49. The Labute approximate surface area is 106 Å². The van der Waals surface area contributed by atoms with Gasteiger partial charge in [0.05, 0.1) is 23.9 Å². The molecule has 0 bridgehead atoms. The highest BCUT2D eigenvalue weighted by atomic mass is 16.5. The standard InChI is InChI=1S/C14H17N3O/c1-17(10-6-8-18-9-10)13-5-4-12(15)11-3-2-7-16-14(11)13/h2-5,7,10H,6,8-9,15H2,1H3. The van der Waals surface area contributed by atoms with E-state index in [9.17, 15) is 0 Å². The van der Waals surface area contributed by atoms with Gasteiger partial charge in [-0.05, 0) is 30.7 Å². The van der Waals surface area contributed by atoms with Crippen molar-refractivity contribution in [3.63, 3.8) is 0 Å². The first-order valence-electron chi connectivity index (χ1n) is 6.21. The smallest absolute Gasteiger partial charge is 0.0955 e. The topological polar surface area (TPSA) is 51.4 Å². The number of nitrogens with zero attached hydrogens (tertiary/aromatic N) is 2. The van der Waals surface area contributed by atoms with Crippen molar-refractivity contribution in [3.8, 4) is 0 Å². The highest BCUT2D eigenvalue weighted by Crippen LogP contribution is 2.30. The third-order valence-electron chi connectivity index (χ3n) is 3.62. The Morgan fingerprint density at radius 1 is 1.39 bits per heavy atom. The van der Waals surface area contributed by atoms with Crippen LogP contribution in [0.1, 0.15) is 6.42 Å². The predicted molar refractivity (Wildman–Crippen MR) is 73.8 cm³/mol. The van der Waals surface area contributed by atoms with E-state index in [-0.39, 0.29) is 0 Å². The average molecular weight is 243 g/mol. The first-order chi connectivity index (χ1) is 8.77. The van der Waals surface area contributed by atoms with Crippen LogP contribution in [0.25, 0.3) is 10.9 Å². The van der Waals surface area contributed by atoms with Crippen LogP contribution >= 0.6 is 0 Å². The zero-order valence-electron chi connectivity index (χ0n) is 10.5. The summed E-state index contributed by atoms with van der Waals surface area (Å²) in [4.78, 5) is 6.72. The van der Waals surface area contributed by atoms with Gasteiger partial charge in [0.25, 0.3) is 0 Å². The van der Waals surface area contributed by atoms with Crippen molar-refractivity contribution in [2.24, 2.45) is 0 Å². The average Bonchev–Trinajstić information content (AvgIpc) is 2.93. The molecular formula is C14H17N3O. The van der Waals surface area contributed by atoms with Crippen molar-refractivity contribution >= 4 is 22.3 Å². The van der Waals surface area contributed by atoms with E-state index in [1.54, 1.807) is 0 Å². The van der Waals surface area contributed by atoms with Crippen molar-refractivity contribution in [1.29, 1.82) is 0 Å². The van der Waals surface area contributed by atoms with Gasteiger partial charge < -0.3 is 15.4 Å². The lowest BCUT2D eigenvalue weighted by Crippen LogP contribution is -2.32. The molecule has 1 saturated heterocycles. The first kappa shape index (κ1) is 11.3. The number of nitrogen functional groups attached to an aromatic ring is 1. The SMILES string of the molecule is CN(c1ccc(N)c2cccnc12)C1CCOC1. The Bertz CT molecular complexity index is 564. The van der Waals surface area contributed by atoms with Gasteiger partial charge in [0, 0.05) is 30.9 Å². The molecule has 1 unspecified atom stereocenters. The normalized spacial score (nSPS) is 19.3. The monoisotopic (exact) mass is 243 g/mol. The maximum absolute atomic E-state index is 6.00. The number of fused-ring (bicyclic) bond motifs is 1. The lowest BCUT2D eigenvalue weighted by atomic mass is 10.1. The van der Waals surface area contributed by atoms with Crippen molar-refractivity contribution in [2.45, 2.75) is 12.5 Å². The van der Waals surface area contributed by atoms with Crippen molar-refractivity contribution in [2.75, 3.05) is 30.9 Å². The number of rotatable bonds is 2. The third-order valence-corrected chi connectivity index (χ3v) is 3.62. The summed E-state index contributed by atoms with van der Waals surface area (Å²) in [6.45, 7) is 1.63. The lowest BCUT2D eigenvalue weighted by Gasteiger charge is -2.26. The number of anilines is 2. The molecule has 2 N–H and O–H groups in total. The number of benzene rings is 1. The predicted octanol–water partition coefficient (Wildman–Crippen LogP) is 2.04. The molecule has 0 saturated carbocycles. The number of pyridine rings is 1. The van der Waals surface area contributed by atoms with Crippen LogP contribution < -0.4 is 10.6 Å². The van der Waals surface area contributed by atoms with Crippen LogP contribution in [0.4, 0.5) is 11.4 Å². The molecule has 0 aliphatic carbocycles. The van der Waals surface area contributed by atoms with Crippen LogP contribution in [0.15, 0.2) is 30.5 Å². The summed E-state index contributed by atoms with van der Waals surface area (Å²) in [7, 11) is 2.10. The summed E-state index contributed by atoms with van der Waals surface area (Å²) >= 11 is 0. The van der Waals surface area contributed by atoms with Gasteiger partial charge in [-0.2, -0.15) is 0 Å². The number of hydrogen-bond acceptors (Lipinski definition) is 4. The summed E-state index contributed by atoms with van der Waals surface area (Å²) in [5, 5.41) is 1.01. The summed E-state index contributed by atoms with van der Waals surface area (Å²) in [6.07, 6.45) is 2.87. The van der Waals surface area contributed by atoms with Crippen LogP contribution in [-0.4, -0.2) is 31.3 Å². The van der Waals surface area contributed by atoms with Gasteiger partial charge in [0.15, 0.2) is 0 Å². The zero-order chi connectivity index (χ0) is 12.5. The number of ether oxygens (including phenoxy) is 1. The van der Waals surface area contributed by atoms with Crippen LogP contribution in [0.3, 0.4) is 0 Å². The maximum Gasteiger partial charge on any atom is 0.0955 e. The number of aromatic nitrogens is 1. The minimum atomic E-state index is 0.429. The molecule has 2 aromatic rings. The number of likely N-dealkylation sites (N-methyl/N-ethyl adjacent to an activating group) is 1. The zero-order valence-corrected chi connectivity index (χ0v) is 10.5. The maximum atomic E-state index is 6.00. The third kappa shape index (κ3) is 1.78. The molecule has 1 aromatic carbocycles. The van der Waals surface area contributed by atoms with Gasteiger partial charge in [-0.3, -0.25) is 4.98 Å². The van der Waals surface area contributed by atoms with Gasteiger partial charge in [-0.25, -0.2) is 0 Å². The molecule has 0 radical (unpaired) electrons. The molecule has 0 spiro atoms. The molecule has 1 atom stereocenters. The highest BCUT2D eigenvalue weighted by Gasteiger charge is 2.22. The largest absolute Gasteiger partial charge is 0.398 e. The molecule has 1 fully saturated rings. The fourth-order valence-electron chi connectivity index (χ4n) is 2.49. The molecule has 1 aliphatic heterocycles. The molecule has 18 heavy (non-hydrogen) atoms. The second kappa shape index (κ2) is 4.46. The second-order valence-electron chi connectivity index (χ2n) is 4.70. The Hall–Kier alpha value is -1.81. The molecule has 1 aliphatic rings. The van der Waals surface area contributed by atoms with Gasteiger partial charge >= 0.3 is 0 Å². The van der Waals surface area contributed by atoms with Crippen molar-refractivity contribution in [3.05, 3.63) is 30.5 Å². The van der Waals surface area contributed by atoms with Gasteiger partial charge in [-0.15, -0.1) is 0 Å². The molecule has 94 valence electrons. The van der Waals surface area contributed by atoms with E-state index < -0.39 is 0 Å². The lowest BCUT2D eigenvalue weighted by molar-refractivity contribution is 0.193. The minimum absolute atomic E-state index is 0.429. The Morgan fingerprint density at radius 2 is 2.28 bits per heavy atom. The van der Waals surface area contributed by atoms with E-state index in [4.69, 9.17) is 10.5 Å². The summed E-state index contributed by atoms with van der Waals surface area (Å²) < 4.78 is 5.45. The quantitative estimate of drug-likeness (QED) is 0.820. The van der Waals surface area contributed by atoms with Gasteiger partial charge in [0.1, 0.15) is 0 Å². The van der Waals surface area contributed by atoms with Gasteiger partial charge in [0.2, 0.25) is 0 Å². The second-order valence-corrected chi connectivity index (χ2v) is 4.70. The molecule has 2 heterocycles.